The molecule has 0 aliphatic carbocycles. The molecule has 2 aromatic carbocycles. The van der Waals surface area contributed by atoms with Gasteiger partial charge in [-0.25, -0.2) is 9.97 Å². The third kappa shape index (κ3) is 3.38. The number of halogens is 1. The highest BCUT2D eigenvalue weighted by atomic mass is 35.5. The smallest absolute Gasteiger partial charge is 0.266 e. The molecule has 0 fully saturated rings. The van der Waals surface area contributed by atoms with Gasteiger partial charge in [0.25, 0.3) is 5.56 Å². The molecule has 2 aromatic heterocycles. The maximum absolute atomic E-state index is 13.1. The highest BCUT2D eigenvalue weighted by Crippen LogP contribution is 2.23. The van der Waals surface area contributed by atoms with Gasteiger partial charge in [0.05, 0.1) is 22.9 Å². The number of nitrogens with zero attached hydrogens (tertiary/aromatic N) is 4. The van der Waals surface area contributed by atoms with E-state index in [-0.39, 0.29) is 5.56 Å². The van der Waals surface area contributed by atoms with Gasteiger partial charge in [-0.05, 0) is 30.3 Å². The van der Waals surface area contributed by atoms with Gasteiger partial charge in [-0.15, -0.1) is 0 Å². The van der Waals surface area contributed by atoms with Crippen LogP contribution in [0.5, 0.6) is 0 Å². The number of para-hydroxylation sites is 1. The lowest BCUT2D eigenvalue weighted by atomic mass is 10.2. The molecule has 0 aliphatic rings. The van der Waals surface area contributed by atoms with Crippen molar-refractivity contribution in [1.82, 2.24) is 19.1 Å². The zero-order valence-electron chi connectivity index (χ0n) is 13.7. The van der Waals surface area contributed by atoms with Gasteiger partial charge in [0.1, 0.15) is 0 Å². The lowest BCUT2D eigenvalue weighted by molar-refractivity contribution is 0.763. The maximum atomic E-state index is 13.1. The van der Waals surface area contributed by atoms with Crippen LogP contribution in [-0.4, -0.2) is 24.9 Å². The fourth-order valence-corrected chi connectivity index (χ4v) is 3.86. The van der Waals surface area contributed by atoms with Gasteiger partial charge in [-0.1, -0.05) is 41.6 Å². The third-order valence-electron chi connectivity index (χ3n) is 3.95. The van der Waals surface area contributed by atoms with E-state index in [4.69, 9.17) is 16.6 Å². The molecular weight excluding hydrogens is 368 g/mol. The van der Waals surface area contributed by atoms with Crippen LogP contribution in [0.15, 0.2) is 77.2 Å². The number of aromatic nitrogens is 4. The van der Waals surface area contributed by atoms with Crippen molar-refractivity contribution in [2.24, 2.45) is 0 Å². The molecule has 7 heteroatoms. The average Bonchev–Trinajstić information content (AvgIpc) is 3.15. The molecule has 0 spiro atoms. The Balaban J connectivity index is 1.78. The van der Waals surface area contributed by atoms with E-state index in [2.05, 4.69) is 4.98 Å². The first-order chi connectivity index (χ1) is 12.7. The van der Waals surface area contributed by atoms with Crippen molar-refractivity contribution >= 4 is 34.3 Å². The zero-order chi connectivity index (χ0) is 17.9. The Morgan fingerprint density at radius 3 is 2.81 bits per heavy atom. The number of aryl methyl sites for hydroxylation is 1. The topological polar surface area (TPSA) is 52.7 Å². The van der Waals surface area contributed by atoms with Crippen molar-refractivity contribution in [3.05, 3.63) is 82.6 Å². The number of fused-ring (bicyclic) bond motifs is 1. The lowest BCUT2D eigenvalue weighted by Crippen LogP contribution is -2.22. The Kier molecular flexibility index (Phi) is 4.77. The molecule has 0 atom stereocenters. The van der Waals surface area contributed by atoms with Gasteiger partial charge < -0.3 is 4.57 Å². The number of hydrogen-bond acceptors (Lipinski definition) is 4. The summed E-state index contributed by atoms with van der Waals surface area (Å²) >= 11 is 7.67. The molecule has 130 valence electrons. The molecule has 0 aliphatic heterocycles. The molecule has 4 aromatic rings. The first-order valence-corrected chi connectivity index (χ1v) is 9.45. The first-order valence-electron chi connectivity index (χ1n) is 8.09. The van der Waals surface area contributed by atoms with Crippen molar-refractivity contribution < 1.29 is 0 Å². The quantitative estimate of drug-likeness (QED) is 0.386. The Morgan fingerprint density at radius 2 is 2.00 bits per heavy atom. The number of benzene rings is 2. The van der Waals surface area contributed by atoms with Crippen LogP contribution in [0, 0.1) is 0 Å². The minimum atomic E-state index is -0.0944. The van der Waals surface area contributed by atoms with Gasteiger partial charge in [-0.3, -0.25) is 9.36 Å². The molecule has 2 heterocycles. The predicted octanol–water partition coefficient (Wildman–Crippen LogP) is 4.03. The van der Waals surface area contributed by atoms with E-state index < -0.39 is 0 Å². The third-order valence-corrected chi connectivity index (χ3v) is 5.11. The van der Waals surface area contributed by atoms with Crippen molar-refractivity contribution in [2.75, 3.05) is 5.75 Å². The van der Waals surface area contributed by atoms with Crippen molar-refractivity contribution in [3.8, 4) is 5.69 Å². The summed E-state index contributed by atoms with van der Waals surface area (Å²) in [4.78, 5) is 21.9. The van der Waals surface area contributed by atoms with Gasteiger partial charge in [0, 0.05) is 29.7 Å². The van der Waals surface area contributed by atoms with Crippen LogP contribution in [0.2, 0.25) is 5.02 Å². The highest BCUT2D eigenvalue weighted by Gasteiger charge is 2.13. The Bertz CT molecular complexity index is 1110. The van der Waals surface area contributed by atoms with Crippen LogP contribution < -0.4 is 5.56 Å². The monoisotopic (exact) mass is 382 g/mol. The summed E-state index contributed by atoms with van der Waals surface area (Å²) in [5, 5.41) is 1.82. The van der Waals surface area contributed by atoms with E-state index >= 15 is 0 Å². The SMILES string of the molecule is O=c1c2ccccc2nc(SCCn2ccnc2)n1-c1cccc(Cl)c1. The van der Waals surface area contributed by atoms with E-state index in [1.165, 1.54) is 11.8 Å². The maximum Gasteiger partial charge on any atom is 0.266 e. The molecule has 4 rings (SSSR count). The fourth-order valence-electron chi connectivity index (χ4n) is 2.71. The van der Waals surface area contributed by atoms with E-state index in [1.807, 2.05) is 41.1 Å². The number of imidazole rings is 1. The fraction of sp³-hybridized carbons (Fsp3) is 0.105. The largest absolute Gasteiger partial charge is 0.337 e. The van der Waals surface area contributed by atoms with Crippen LogP contribution in [0.25, 0.3) is 16.6 Å². The molecular formula is C19H15ClN4OS. The summed E-state index contributed by atoms with van der Waals surface area (Å²) in [7, 11) is 0. The van der Waals surface area contributed by atoms with Crippen molar-refractivity contribution in [2.45, 2.75) is 11.7 Å². The van der Waals surface area contributed by atoms with E-state index in [9.17, 15) is 4.79 Å². The molecule has 0 unspecified atom stereocenters. The highest BCUT2D eigenvalue weighted by molar-refractivity contribution is 7.99. The van der Waals surface area contributed by atoms with Crippen LogP contribution in [0.3, 0.4) is 0 Å². The summed E-state index contributed by atoms with van der Waals surface area (Å²) in [6, 6.07) is 14.7. The zero-order valence-corrected chi connectivity index (χ0v) is 15.3. The van der Waals surface area contributed by atoms with E-state index in [0.717, 1.165) is 12.3 Å². The summed E-state index contributed by atoms with van der Waals surface area (Å²) in [5.41, 5.74) is 1.31. The van der Waals surface area contributed by atoms with Gasteiger partial charge in [0.2, 0.25) is 0 Å². The Hall–Kier alpha value is -2.57. The molecule has 0 radical (unpaired) electrons. The molecule has 0 saturated carbocycles. The summed E-state index contributed by atoms with van der Waals surface area (Å²) < 4.78 is 3.63. The summed E-state index contributed by atoms with van der Waals surface area (Å²) in [5.74, 6) is 0.766. The van der Waals surface area contributed by atoms with Gasteiger partial charge in [0.15, 0.2) is 5.16 Å². The second kappa shape index (κ2) is 7.35. The summed E-state index contributed by atoms with van der Waals surface area (Å²) in [6.07, 6.45) is 5.44. The molecule has 0 bridgehead atoms. The van der Waals surface area contributed by atoms with E-state index in [0.29, 0.717) is 26.8 Å². The number of thioether (sulfide) groups is 1. The molecule has 0 saturated heterocycles. The lowest BCUT2D eigenvalue weighted by Gasteiger charge is -2.13. The summed E-state index contributed by atoms with van der Waals surface area (Å²) in [6.45, 7) is 0.781. The van der Waals surface area contributed by atoms with Gasteiger partial charge >= 0.3 is 0 Å². The molecule has 26 heavy (non-hydrogen) atoms. The van der Waals surface area contributed by atoms with Crippen molar-refractivity contribution in [3.63, 3.8) is 0 Å². The normalized spacial score (nSPS) is 11.1. The Labute approximate surface area is 159 Å². The molecule has 0 N–H and O–H groups in total. The second-order valence-electron chi connectivity index (χ2n) is 5.68. The van der Waals surface area contributed by atoms with Crippen LogP contribution in [-0.2, 0) is 6.54 Å². The van der Waals surface area contributed by atoms with Crippen LogP contribution in [0.4, 0.5) is 0 Å². The van der Waals surface area contributed by atoms with Gasteiger partial charge in [-0.2, -0.15) is 0 Å². The number of hydrogen-bond donors (Lipinski definition) is 0. The minimum absolute atomic E-state index is 0.0944. The van der Waals surface area contributed by atoms with Crippen LogP contribution in [0.1, 0.15) is 0 Å². The second-order valence-corrected chi connectivity index (χ2v) is 7.18. The minimum Gasteiger partial charge on any atom is -0.337 e. The molecule has 5 nitrogen and oxygen atoms in total. The standard InChI is InChI=1S/C19H15ClN4OS/c20-14-4-3-5-15(12-14)24-18(25)16-6-1-2-7-17(16)22-19(24)26-11-10-23-9-8-21-13-23/h1-9,12-13H,10-11H2. The van der Waals surface area contributed by atoms with Crippen molar-refractivity contribution in [1.29, 1.82) is 0 Å². The number of rotatable bonds is 5. The predicted molar refractivity (Wildman–Crippen MR) is 105 cm³/mol. The average molecular weight is 383 g/mol. The van der Waals surface area contributed by atoms with E-state index in [1.54, 1.807) is 35.3 Å². The Morgan fingerprint density at radius 1 is 1.12 bits per heavy atom. The van der Waals surface area contributed by atoms with Crippen LogP contribution >= 0.6 is 23.4 Å². The molecule has 0 amide bonds. The first kappa shape index (κ1) is 16.9.